The molecule has 0 radical (unpaired) electrons. The van der Waals surface area contributed by atoms with Gasteiger partial charge in [0.2, 0.25) is 15.9 Å². The summed E-state index contributed by atoms with van der Waals surface area (Å²) in [5.74, 6) is -0.0409. The van der Waals surface area contributed by atoms with Crippen LogP contribution in [-0.2, 0) is 21.2 Å². The second-order valence-corrected chi connectivity index (χ2v) is 10.7. The molecule has 7 nitrogen and oxygen atoms in total. The predicted molar refractivity (Wildman–Crippen MR) is 128 cm³/mol. The van der Waals surface area contributed by atoms with Crippen molar-refractivity contribution in [3.05, 3.63) is 78.1 Å². The largest absolute Gasteiger partial charge is 0.340 e. The van der Waals surface area contributed by atoms with Crippen molar-refractivity contribution in [2.45, 2.75) is 11.3 Å². The van der Waals surface area contributed by atoms with Gasteiger partial charge in [0.1, 0.15) is 5.01 Å². The second kappa shape index (κ2) is 9.01. The SMILES string of the molecule is O=C(Cc1csc(-c2cccnc2)n1)N1CCN(S(=O)(=O)c2ccc3ccccc3c2)CC1. The molecular weight excluding hydrogens is 456 g/mol. The maximum atomic E-state index is 13.1. The van der Waals surface area contributed by atoms with Crippen LogP contribution in [0, 0.1) is 0 Å². The molecule has 0 aliphatic carbocycles. The summed E-state index contributed by atoms with van der Waals surface area (Å²) in [4.78, 5) is 23.5. The third kappa shape index (κ3) is 4.52. The number of benzene rings is 2. The first-order chi connectivity index (χ1) is 16.0. The zero-order chi connectivity index (χ0) is 22.8. The topological polar surface area (TPSA) is 83.5 Å². The van der Waals surface area contributed by atoms with Crippen LogP contribution >= 0.6 is 11.3 Å². The Kier molecular flexibility index (Phi) is 5.92. The molecule has 9 heteroatoms. The zero-order valence-electron chi connectivity index (χ0n) is 17.8. The number of carbonyl (C=O) groups excluding carboxylic acids is 1. The van der Waals surface area contributed by atoms with Crippen LogP contribution in [0.3, 0.4) is 0 Å². The number of hydrogen-bond donors (Lipinski definition) is 0. The van der Waals surface area contributed by atoms with Crippen LogP contribution < -0.4 is 0 Å². The Morgan fingerprint density at radius 1 is 0.970 bits per heavy atom. The lowest BCUT2D eigenvalue weighted by atomic mass is 10.1. The Bertz CT molecular complexity index is 1400. The van der Waals surface area contributed by atoms with Crippen molar-refractivity contribution < 1.29 is 13.2 Å². The molecule has 33 heavy (non-hydrogen) atoms. The monoisotopic (exact) mass is 478 g/mol. The van der Waals surface area contributed by atoms with E-state index >= 15 is 0 Å². The molecule has 0 spiro atoms. The Hall–Kier alpha value is -3.14. The molecule has 168 valence electrons. The second-order valence-electron chi connectivity index (χ2n) is 7.86. The smallest absolute Gasteiger partial charge is 0.243 e. The number of rotatable bonds is 5. The summed E-state index contributed by atoms with van der Waals surface area (Å²) in [7, 11) is -3.61. The van der Waals surface area contributed by atoms with Crippen LogP contribution in [0.2, 0.25) is 0 Å². The fraction of sp³-hybridized carbons (Fsp3) is 0.208. The van der Waals surface area contributed by atoms with Crippen LogP contribution in [0.5, 0.6) is 0 Å². The summed E-state index contributed by atoms with van der Waals surface area (Å²) >= 11 is 1.48. The average Bonchev–Trinajstić information content (AvgIpc) is 3.33. The maximum Gasteiger partial charge on any atom is 0.243 e. The third-order valence-corrected chi connectivity index (χ3v) is 8.58. The highest BCUT2D eigenvalue weighted by molar-refractivity contribution is 7.89. The summed E-state index contributed by atoms with van der Waals surface area (Å²) in [6, 6.07) is 16.7. The first-order valence-corrected chi connectivity index (χ1v) is 12.9. The Balaban J connectivity index is 1.22. The maximum absolute atomic E-state index is 13.1. The van der Waals surface area contributed by atoms with Gasteiger partial charge in [-0.3, -0.25) is 9.78 Å². The van der Waals surface area contributed by atoms with E-state index in [0.29, 0.717) is 13.1 Å². The number of hydrogen-bond acceptors (Lipinski definition) is 6. The van der Waals surface area contributed by atoms with Crippen molar-refractivity contribution in [2.75, 3.05) is 26.2 Å². The lowest BCUT2D eigenvalue weighted by Crippen LogP contribution is -2.50. The number of pyridine rings is 1. The van der Waals surface area contributed by atoms with Gasteiger partial charge in [-0.2, -0.15) is 4.31 Å². The molecule has 1 aliphatic rings. The van der Waals surface area contributed by atoms with Gasteiger partial charge in [0.15, 0.2) is 0 Å². The van der Waals surface area contributed by atoms with Gasteiger partial charge >= 0.3 is 0 Å². The molecule has 0 atom stereocenters. The number of piperazine rings is 1. The van der Waals surface area contributed by atoms with Gasteiger partial charge in [-0.25, -0.2) is 13.4 Å². The number of carbonyl (C=O) groups is 1. The lowest BCUT2D eigenvalue weighted by Gasteiger charge is -2.34. The first-order valence-electron chi connectivity index (χ1n) is 10.6. The quantitative estimate of drug-likeness (QED) is 0.439. The molecule has 4 aromatic rings. The highest BCUT2D eigenvalue weighted by atomic mass is 32.2. The third-order valence-electron chi connectivity index (χ3n) is 5.74. The first kappa shape index (κ1) is 21.7. The van der Waals surface area contributed by atoms with Gasteiger partial charge in [-0.15, -0.1) is 11.3 Å². The van der Waals surface area contributed by atoms with Gasteiger partial charge in [0, 0.05) is 49.5 Å². The van der Waals surface area contributed by atoms with E-state index < -0.39 is 10.0 Å². The van der Waals surface area contributed by atoms with E-state index in [0.717, 1.165) is 27.0 Å². The molecule has 0 saturated carbocycles. The molecule has 5 rings (SSSR count). The van der Waals surface area contributed by atoms with Gasteiger partial charge in [0.25, 0.3) is 0 Å². The van der Waals surface area contributed by atoms with Crippen molar-refractivity contribution in [1.82, 2.24) is 19.2 Å². The average molecular weight is 479 g/mol. The van der Waals surface area contributed by atoms with Gasteiger partial charge in [0.05, 0.1) is 17.0 Å². The number of sulfonamides is 1. The zero-order valence-corrected chi connectivity index (χ0v) is 19.4. The molecule has 1 aliphatic heterocycles. The Morgan fingerprint density at radius 2 is 1.76 bits per heavy atom. The van der Waals surface area contributed by atoms with E-state index in [1.54, 1.807) is 29.4 Å². The predicted octanol–water partition coefficient (Wildman–Crippen LogP) is 3.43. The van der Waals surface area contributed by atoms with E-state index in [-0.39, 0.29) is 30.3 Å². The van der Waals surface area contributed by atoms with E-state index in [4.69, 9.17) is 0 Å². The molecule has 2 aromatic carbocycles. The van der Waals surface area contributed by atoms with Gasteiger partial charge in [-0.1, -0.05) is 30.3 Å². The normalized spacial score (nSPS) is 15.1. The highest BCUT2D eigenvalue weighted by Gasteiger charge is 2.30. The van der Waals surface area contributed by atoms with Crippen molar-refractivity contribution >= 4 is 38.0 Å². The van der Waals surface area contributed by atoms with Crippen molar-refractivity contribution in [3.63, 3.8) is 0 Å². The van der Waals surface area contributed by atoms with Crippen LogP contribution in [-0.4, -0.2) is 59.7 Å². The van der Waals surface area contributed by atoms with Gasteiger partial charge < -0.3 is 4.90 Å². The molecule has 2 aromatic heterocycles. The fourth-order valence-corrected chi connectivity index (χ4v) is 6.20. The summed E-state index contributed by atoms with van der Waals surface area (Å²) in [6.07, 6.45) is 3.66. The molecule has 0 bridgehead atoms. The van der Waals surface area contributed by atoms with Crippen molar-refractivity contribution in [2.24, 2.45) is 0 Å². The minimum Gasteiger partial charge on any atom is -0.340 e. The van der Waals surface area contributed by atoms with Crippen molar-refractivity contribution in [3.8, 4) is 10.6 Å². The van der Waals surface area contributed by atoms with Gasteiger partial charge in [-0.05, 0) is 35.0 Å². The lowest BCUT2D eigenvalue weighted by molar-refractivity contribution is -0.131. The number of fused-ring (bicyclic) bond motifs is 1. The minimum absolute atomic E-state index is 0.0409. The number of aromatic nitrogens is 2. The highest BCUT2D eigenvalue weighted by Crippen LogP contribution is 2.25. The Labute approximate surface area is 196 Å². The van der Waals surface area contributed by atoms with E-state index in [9.17, 15) is 13.2 Å². The molecule has 1 fully saturated rings. The molecule has 3 heterocycles. The molecule has 0 unspecified atom stereocenters. The Morgan fingerprint density at radius 3 is 2.52 bits per heavy atom. The summed E-state index contributed by atoms with van der Waals surface area (Å²) in [6.45, 7) is 1.29. The van der Waals surface area contributed by atoms with E-state index in [1.165, 1.54) is 15.6 Å². The van der Waals surface area contributed by atoms with Crippen LogP contribution in [0.4, 0.5) is 0 Å². The minimum atomic E-state index is -3.61. The van der Waals surface area contributed by atoms with E-state index in [1.807, 2.05) is 47.8 Å². The standard InChI is InChI=1S/C24H22N4O3S2/c29-23(15-21-17-32-24(26-21)20-6-3-9-25-16-20)27-10-12-28(13-11-27)33(30,31)22-8-7-18-4-1-2-5-19(18)14-22/h1-9,14,16-17H,10-13,15H2. The van der Waals surface area contributed by atoms with Crippen LogP contribution in [0.1, 0.15) is 5.69 Å². The molecule has 0 N–H and O–H groups in total. The van der Waals surface area contributed by atoms with Crippen LogP contribution in [0.15, 0.2) is 77.3 Å². The van der Waals surface area contributed by atoms with E-state index in [2.05, 4.69) is 9.97 Å². The number of amides is 1. The number of thiazole rings is 1. The molecular formula is C24H22N4O3S2. The van der Waals surface area contributed by atoms with Crippen molar-refractivity contribution in [1.29, 1.82) is 0 Å². The fourth-order valence-electron chi connectivity index (χ4n) is 3.93. The molecule has 1 saturated heterocycles. The summed E-state index contributed by atoms with van der Waals surface area (Å²) in [5, 5.41) is 4.61. The number of nitrogens with zero attached hydrogens (tertiary/aromatic N) is 4. The summed E-state index contributed by atoms with van der Waals surface area (Å²) in [5.41, 5.74) is 1.64. The summed E-state index contributed by atoms with van der Waals surface area (Å²) < 4.78 is 27.8. The van der Waals surface area contributed by atoms with Crippen LogP contribution in [0.25, 0.3) is 21.3 Å². The molecule has 1 amide bonds.